The predicted molar refractivity (Wildman–Crippen MR) is 66.7 cm³/mol. The number of aromatic nitrogens is 1. The molecule has 0 radical (unpaired) electrons. The smallest absolute Gasteiger partial charge is 0.142 e. The van der Waals surface area contributed by atoms with E-state index in [0.29, 0.717) is 11.7 Å². The van der Waals surface area contributed by atoms with Gasteiger partial charge >= 0.3 is 0 Å². The molecule has 1 saturated carbocycles. The molecule has 2 heterocycles. The highest BCUT2D eigenvalue weighted by Crippen LogP contribution is 2.38. The molecule has 0 amide bonds. The van der Waals surface area contributed by atoms with Crippen molar-refractivity contribution < 1.29 is 0 Å². The molecule has 3 heteroatoms. The fourth-order valence-corrected chi connectivity index (χ4v) is 3.34. The minimum atomic E-state index is 0.529. The zero-order valence-electron chi connectivity index (χ0n) is 9.97. The molecule has 2 atom stereocenters. The summed E-state index contributed by atoms with van der Waals surface area (Å²) in [6, 6.07) is 8.55. The highest BCUT2D eigenvalue weighted by molar-refractivity contribution is 5.44. The van der Waals surface area contributed by atoms with Crippen molar-refractivity contribution in [3.63, 3.8) is 0 Å². The summed E-state index contributed by atoms with van der Waals surface area (Å²) < 4.78 is 0. The number of nitriles is 1. The Bertz CT molecular complexity index is 449. The second kappa shape index (κ2) is 4.37. The second-order valence-electron chi connectivity index (χ2n) is 5.09. The Balaban J connectivity index is 1.86. The molecule has 88 valence electrons. The summed E-state index contributed by atoms with van der Waals surface area (Å²) in [6.45, 7) is 1.11. The summed E-state index contributed by atoms with van der Waals surface area (Å²) >= 11 is 0. The average Bonchev–Trinajstić information content (AvgIpc) is 2.82. The van der Waals surface area contributed by atoms with Crippen molar-refractivity contribution in [2.45, 2.75) is 38.1 Å². The second-order valence-corrected chi connectivity index (χ2v) is 5.09. The average molecular weight is 227 g/mol. The Hall–Kier alpha value is -1.56. The maximum absolute atomic E-state index is 8.91. The van der Waals surface area contributed by atoms with Gasteiger partial charge in [-0.05, 0) is 37.3 Å². The summed E-state index contributed by atoms with van der Waals surface area (Å²) in [5.41, 5.74) is 0.529. The fraction of sp³-hybridized carbons (Fsp3) is 0.571. The molecule has 2 aliphatic rings. The molecule has 3 rings (SSSR count). The normalized spacial score (nSPS) is 27.6. The maximum Gasteiger partial charge on any atom is 0.142 e. The van der Waals surface area contributed by atoms with Crippen LogP contribution in [0.5, 0.6) is 0 Å². The van der Waals surface area contributed by atoms with Gasteiger partial charge in [-0.2, -0.15) is 5.26 Å². The molecule has 17 heavy (non-hydrogen) atoms. The lowest BCUT2D eigenvalue weighted by atomic mass is 9.85. The van der Waals surface area contributed by atoms with Crippen molar-refractivity contribution in [1.29, 1.82) is 5.26 Å². The SMILES string of the molecule is N#Cc1cccc(N2CCC3CCCCC32)n1. The van der Waals surface area contributed by atoms with Gasteiger partial charge in [0.2, 0.25) is 0 Å². The largest absolute Gasteiger partial charge is 0.353 e. The number of pyridine rings is 1. The molecule has 0 N–H and O–H groups in total. The topological polar surface area (TPSA) is 39.9 Å². The third kappa shape index (κ3) is 1.88. The Morgan fingerprint density at radius 1 is 1.24 bits per heavy atom. The van der Waals surface area contributed by atoms with Crippen LogP contribution in [0.2, 0.25) is 0 Å². The van der Waals surface area contributed by atoms with Crippen LogP contribution in [-0.2, 0) is 0 Å². The highest BCUT2D eigenvalue weighted by atomic mass is 15.2. The first-order chi connectivity index (χ1) is 8.38. The molecule has 0 bridgehead atoms. The zero-order valence-corrected chi connectivity index (χ0v) is 9.97. The van der Waals surface area contributed by atoms with Gasteiger partial charge in [-0.15, -0.1) is 0 Å². The third-order valence-corrected chi connectivity index (χ3v) is 4.15. The molecule has 1 saturated heterocycles. The van der Waals surface area contributed by atoms with Crippen LogP contribution < -0.4 is 4.90 Å². The van der Waals surface area contributed by atoms with Gasteiger partial charge in [0, 0.05) is 12.6 Å². The monoisotopic (exact) mass is 227 g/mol. The predicted octanol–water partition coefficient (Wildman–Crippen LogP) is 2.72. The summed E-state index contributed by atoms with van der Waals surface area (Å²) in [5.74, 6) is 1.86. The summed E-state index contributed by atoms with van der Waals surface area (Å²) in [7, 11) is 0. The van der Waals surface area contributed by atoms with E-state index >= 15 is 0 Å². The molecule has 2 unspecified atom stereocenters. The van der Waals surface area contributed by atoms with E-state index in [2.05, 4.69) is 16.0 Å². The van der Waals surface area contributed by atoms with Crippen molar-refractivity contribution in [3.8, 4) is 6.07 Å². The first-order valence-corrected chi connectivity index (χ1v) is 6.52. The van der Waals surface area contributed by atoms with E-state index < -0.39 is 0 Å². The zero-order chi connectivity index (χ0) is 11.7. The lowest BCUT2D eigenvalue weighted by Gasteiger charge is -2.32. The molecule has 1 aromatic rings. The van der Waals surface area contributed by atoms with Crippen molar-refractivity contribution >= 4 is 5.82 Å². The molecule has 1 aromatic heterocycles. The van der Waals surface area contributed by atoms with Gasteiger partial charge in [0.25, 0.3) is 0 Å². The molecule has 2 fully saturated rings. The van der Waals surface area contributed by atoms with Gasteiger partial charge in [-0.3, -0.25) is 0 Å². The molecule has 0 aromatic carbocycles. The number of anilines is 1. The number of nitrogens with zero attached hydrogens (tertiary/aromatic N) is 3. The van der Waals surface area contributed by atoms with Crippen LogP contribution >= 0.6 is 0 Å². The first-order valence-electron chi connectivity index (χ1n) is 6.52. The van der Waals surface area contributed by atoms with Crippen LogP contribution in [0.1, 0.15) is 37.8 Å². The third-order valence-electron chi connectivity index (χ3n) is 4.15. The van der Waals surface area contributed by atoms with E-state index in [4.69, 9.17) is 5.26 Å². The van der Waals surface area contributed by atoms with E-state index in [1.807, 2.05) is 12.1 Å². The molecule has 1 aliphatic carbocycles. The number of hydrogen-bond donors (Lipinski definition) is 0. The van der Waals surface area contributed by atoms with Crippen molar-refractivity contribution in [2.24, 2.45) is 5.92 Å². The van der Waals surface area contributed by atoms with E-state index in [9.17, 15) is 0 Å². The number of fused-ring (bicyclic) bond motifs is 1. The van der Waals surface area contributed by atoms with Gasteiger partial charge in [0.1, 0.15) is 17.6 Å². The van der Waals surface area contributed by atoms with Crippen molar-refractivity contribution in [3.05, 3.63) is 23.9 Å². The Kier molecular flexibility index (Phi) is 2.72. The molecule has 3 nitrogen and oxygen atoms in total. The fourth-order valence-electron chi connectivity index (χ4n) is 3.34. The molecular formula is C14H17N3. The van der Waals surface area contributed by atoms with Gasteiger partial charge in [-0.25, -0.2) is 4.98 Å². The van der Waals surface area contributed by atoms with Crippen LogP contribution in [0.3, 0.4) is 0 Å². The van der Waals surface area contributed by atoms with Crippen LogP contribution in [0.25, 0.3) is 0 Å². The Morgan fingerprint density at radius 3 is 3.00 bits per heavy atom. The van der Waals surface area contributed by atoms with Crippen LogP contribution in [0, 0.1) is 17.2 Å². The van der Waals surface area contributed by atoms with Gasteiger partial charge in [-0.1, -0.05) is 18.9 Å². The van der Waals surface area contributed by atoms with Crippen LogP contribution in [-0.4, -0.2) is 17.6 Å². The van der Waals surface area contributed by atoms with E-state index in [1.54, 1.807) is 6.07 Å². The van der Waals surface area contributed by atoms with E-state index in [0.717, 1.165) is 18.3 Å². The standard InChI is InChI=1S/C14H17N3/c15-10-12-5-3-7-14(16-12)17-9-8-11-4-1-2-6-13(11)17/h3,5,7,11,13H,1-2,4,6,8-9H2. The van der Waals surface area contributed by atoms with Crippen molar-refractivity contribution in [1.82, 2.24) is 4.98 Å². The lowest BCUT2D eigenvalue weighted by Crippen LogP contribution is -2.35. The number of hydrogen-bond acceptors (Lipinski definition) is 3. The first kappa shape index (κ1) is 10.6. The summed E-state index contributed by atoms with van der Waals surface area (Å²) in [4.78, 5) is 6.85. The quantitative estimate of drug-likeness (QED) is 0.740. The van der Waals surface area contributed by atoms with Crippen molar-refractivity contribution in [2.75, 3.05) is 11.4 Å². The molecule has 0 spiro atoms. The van der Waals surface area contributed by atoms with E-state index in [-0.39, 0.29) is 0 Å². The lowest BCUT2D eigenvalue weighted by molar-refractivity contribution is 0.341. The van der Waals surface area contributed by atoms with Gasteiger partial charge in [0.05, 0.1) is 0 Å². The Morgan fingerprint density at radius 2 is 2.12 bits per heavy atom. The van der Waals surface area contributed by atoms with Gasteiger partial charge < -0.3 is 4.90 Å². The van der Waals surface area contributed by atoms with Crippen LogP contribution in [0.15, 0.2) is 18.2 Å². The molecule has 1 aliphatic heterocycles. The molecular weight excluding hydrogens is 210 g/mol. The van der Waals surface area contributed by atoms with Crippen LogP contribution in [0.4, 0.5) is 5.82 Å². The van der Waals surface area contributed by atoms with E-state index in [1.165, 1.54) is 32.1 Å². The minimum absolute atomic E-state index is 0.529. The summed E-state index contributed by atoms with van der Waals surface area (Å²) in [6.07, 6.45) is 6.70. The summed E-state index contributed by atoms with van der Waals surface area (Å²) in [5, 5.41) is 8.91. The van der Waals surface area contributed by atoms with Gasteiger partial charge in [0.15, 0.2) is 0 Å². The Labute approximate surface area is 102 Å². The number of rotatable bonds is 1. The maximum atomic E-state index is 8.91. The highest BCUT2D eigenvalue weighted by Gasteiger charge is 2.36. The minimum Gasteiger partial charge on any atom is -0.353 e.